The Labute approximate surface area is 193 Å². The molecule has 0 bridgehead atoms. The van der Waals surface area contributed by atoms with Crippen molar-refractivity contribution >= 4 is 40.0 Å². The van der Waals surface area contributed by atoms with E-state index in [4.69, 9.17) is 0 Å². The SMILES string of the molecule is CCC(C)N1C(=O)c2ccc(C(=O)Nc3nc4scc(-c5ccc(C)cc5)n4n3)cc2C1=O. The molecule has 9 heteroatoms. The summed E-state index contributed by atoms with van der Waals surface area (Å²) in [6.07, 6.45) is 0.659. The Morgan fingerprint density at radius 3 is 2.55 bits per heavy atom. The predicted octanol–water partition coefficient (Wildman–Crippen LogP) is 4.41. The minimum atomic E-state index is -0.449. The van der Waals surface area contributed by atoms with Crippen LogP contribution in [0, 0.1) is 6.92 Å². The molecule has 166 valence electrons. The summed E-state index contributed by atoms with van der Waals surface area (Å²) in [6, 6.07) is 12.4. The standard InChI is InChI=1S/C24H21N5O3S/c1-4-14(3)28-21(31)17-10-9-16(11-18(17)22(28)32)20(30)25-23-26-24-29(27-23)19(12-33-24)15-7-5-13(2)6-8-15/h5-12,14H,4H2,1-3H3,(H,25,27,30). The van der Waals surface area contributed by atoms with E-state index >= 15 is 0 Å². The van der Waals surface area contributed by atoms with E-state index in [0.717, 1.165) is 11.3 Å². The molecule has 0 saturated heterocycles. The van der Waals surface area contributed by atoms with Crippen LogP contribution in [-0.2, 0) is 0 Å². The summed E-state index contributed by atoms with van der Waals surface area (Å²) in [5.74, 6) is -0.974. The molecule has 1 N–H and O–H groups in total. The number of fused-ring (bicyclic) bond motifs is 2. The number of aryl methyl sites for hydroxylation is 1. The van der Waals surface area contributed by atoms with Gasteiger partial charge in [-0.3, -0.25) is 24.6 Å². The summed E-state index contributed by atoms with van der Waals surface area (Å²) >= 11 is 1.43. The first kappa shape index (κ1) is 21.0. The van der Waals surface area contributed by atoms with E-state index in [2.05, 4.69) is 15.4 Å². The van der Waals surface area contributed by atoms with Gasteiger partial charge in [-0.2, -0.15) is 4.98 Å². The number of imide groups is 1. The molecule has 1 atom stereocenters. The molecule has 8 nitrogen and oxygen atoms in total. The van der Waals surface area contributed by atoms with Gasteiger partial charge in [-0.05, 0) is 38.5 Å². The number of amides is 3. The first-order valence-corrected chi connectivity index (χ1v) is 11.5. The first-order chi connectivity index (χ1) is 15.9. The molecule has 4 aromatic rings. The molecule has 1 unspecified atom stereocenters. The molecular formula is C24H21N5O3S. The lowest BCUT2D eigenvalue weighted by molar-refractivity contribution is 0.0593. The van der Waals surface area contributed by atoms with E-state index in [0.29, 0.717) is 16.9 Å². The van der Waals surface area contributed by atoms with Crippen LogP contribution in [0.1, 0.15) is 56.9 Å². The van der Waals surface area contributed by atoms with E-state index in [-0.39, 0.29) is 34.9 Å². The second-order valence-electron chi connectivity index (χ2n) is 8.07. The van der Waals surface area contributed by atoms with E-state index < -0.39 is 5.91 Å². The highest BCUT2D eigenvalue weighted by Crippen LogP contribution is 2.28. The minimum absolute atomic E-state index is 0.171. The highest BCUT2D eigenvalue weighted by Gasteiger charge is 2.38. The number of anilines is 1. The number of carbonyl (C=O) groups excluding carboxylic acids is 3. The molecule has 0 spiro atoms. The number of carbonyl (C=O) groups is 3. The smallest absolute Gasteiger partial charge is 0.261 e. The van der Waals surface area contributed by atoms with Crippen LogP contribution in [0.25, 0.3) is 16.2 Å². The fraction of sp³-hybridized carbons (Fsp3) is 0.208. The molecule has 33 heavy (non-hydrogen) atoms. The fourth-order valence-corrected chi connectivity index (χ4v) is 4.65. The van der Waals surface area contributed by atoms with Gasteiger partial charge in [-0.15, -0.1) is 16.4 Å². The topological polar surface area (TPSA) is 96.7 Å². The van der Waals surface area contributed by atoms with Gasteiger partial charge in [0.2, 0.25) is 4.96 Å². The molecular weight excluding hydrogens is 438 g/mol. The average molecular weight is 460 g/mol. The third-order valence-corrected chi connectivity index (χ3v) is 6.68. The lowest BCUT2D eigenvalue weighted by atomic mass is 10.1. The van der Waals surface area contributed by atoms with Gasteiger partial charge in [-0.1, -0.05) is 36.8 Å². The van der Waals surface area contributed by atoms with Gasteiger partial charge in [0.05, 0.1) is 16.8 Å². The van der Waals surface area contributed by atoms with Crippen molar-refractivity contribution in [3.8, 4) is 11.3 Å². The lowest BCUT2D eigenvalue weighted by Crippen LogP contribution is -2.37. The number of nitrogens with one attached hydrogen (secondary N) is 1. The quantitative estimate of drug-likeness (QED) is 0.446. The van der Waals surface area contributed by atoms with E-state index in [9.17, 15) is 14.4 Å². The molecule has 2 aromatic carbocycles. The molecule has 5 rings (SSSR count). The van der Waals surface area contributed by atoms with Crippen molar-refractivity contribution in [3.63, 3.8) is 0 Å². The second kappa shape index (κ2) is 7.93. The van der Waals surface area contributed by atoms with Crippen LogP contribution >= 0.6 is 11.3 Å². The molecule has 3 amide bonds. The van der Waals surface area contributed by atoms with Crippen molar-refractivity contribution in [1.82, 2.24) is 19.5 Å². The summed E-state index contributed by atoms with van der Waals surface area (Å²) in [5, 5.41) is 9.11. The van der Waals surface area contributed by atoms with Gasteiger partial charge in [0, 0.05) is 22.5 Å². The Kier molecular flexibility index (Phi) is 5.05. The van der Waals surface area contributed by atoms with Crippen LogP contribution in [-0.4, -0.2) is 43.3 Å². The third kappa shape index (κ3) is 3.50. The minimum Gasteiger partial charge on any atom is -0.289 e. The summed E-state index contributed by atoms with van der Waals surface area (Å²) in [6.45, 7) is 5.77. The van der Waals surface area contributed by atoms with Crippen molar-refractivity contribution in [2.24, 2.45) is 0 Å². The zero-order valence-corrected chi connectivity index (χ0v) is 19.1. The van der Waals surface area contributed by atoms with Crippen LogP contribution in [0.4, 0.5) is 5.95 Å². The molecule has 1 aliphatic heterocycles. The Bertz CT molecular complexity index is 1420. The normalized spacial score (nSPS) is 14.1. The molecule has 0 saturated carbocycles. The highest BCUT2D eigenvalue weighted by molar-refractivity contribution is 7.15. The second-order valence-corrected chi connectivity index (χ2v) is 8.91. The van der Waals surface area contributed by atoms with Crippen LogP contribution in [0.3, 0.4) is 0 Å². The van der Waals surface area contributed by atoms with E-state index in [1.54, 1.807) is 4.52 Å². The number of thiazole rings is 1. The Hall–Kier alpha value is -3.85. The maximum atomic E-state index is 12.9. The molecule has 0 radical (unpaired) electrons. The Balaban J connectivity index is 1.40. The number of aromatic nitrogens is 3. The van der Waals surface area contributed by atoms with Crippen molar-refractivity contribution in [2.45, 2.75) is 33.2 Å². The highest BCUT2D eigenvalue weighted by atomic mass is 32.1. The molecule has 2 aromatic heterocycles. The average Bonchev–Trinajstić information content (AvgIpc) is 3.45. The number of rotatable bonds is 5. The van der Waals surface area contributed by atoms with Gasteiger partial charge in [0.1, 0.15) is 0 Å². The Morgan fingerprint density at radius 2 is 1.82 bits per heavy atom. The van der Waals surface area contributed by atoms with Crippen LogP contribution in [0.5, 0.6) is 0 Å². The molecule has 3 heterocycles. The zero-order valence-electron chi connectivity index (χ0n) is 18.3. The maximum absolute atomic E-state index is 12.9. The Morgan fingerprint density at radius 1 is 1.09 bits per heavy atom. The first-order valence-electron chi connectivity index (χ1n) is 10.6. The van der Waals surface area contributed by atoms with Gasteiger partial charge in [0.15, 0.2) is 0 Å². The van der Waals surface area contributed by atoms with Gasteiger partial charge in [-0.25, -0.2) is 4.52 Å². The summed E-state index contributed by atoms with van der Waals surface area (Å²) in [5.41, 5.74) is 3.88. The van der Waals surface area contributed by atoms with Crippen LogP contribution in [0.2, 0.25) is 0 Å². The largest absolute Gasteiger partial charge is 0.289 e. The maximum Gasteiger partial charge on any atom is 0.261 e. The number of nitrogens with zero attached hydrogens (tertiary/aromatic N) is 4. The van der Waals surface area contributed by atoms with Gasteiger partial charge in [0.25, 0.3) is 23.7 Å². The van der Waals surface area contributed by atoms with Crippen molar-refractivity contribution in [1.29, 1.82) is 0 Å². The van der Waals surface area contributed by atoms with Crippen molar-refractivity contribution in [2.75, 3.05) is 5.32 Å². The van der Waals surface area contributed by atoms with Gasteiger partial charge < -0.3 is 0 Å². The van der Waals surface area contributed by atoms with Gasteiger partial charge >= 0.3 is 0 Å². The van der Waals surface area contributed by atoms with E-state index in [1.807, 2.05) is 50.4 Å². The molecule has 0 fully saturated rings. The lowest BCUT2D eigenvalue weighted by Gasteiger charge is -2.20. The molecule has 1 aliphatic rings. The fourth-order valence-electron chi connectivity index (χ4n) is 3.81. The number of hydrogen-bond acceptors (Lipinski definition) is 6. The van der Waals surface area contributed by atoms with Crippen LogP contribution in [0.15, 0.2) is 47.8 Å². The van der Waals surface area contributed by atoms with Crippen molar-refractivity contribution < 1.29 is 14.4 Å². The summed E-state index contributed by atoms with van der Waals surface area (Å²) < 4.78 is 1.69. The third-order valence-electron chi connectivity index (χ3n) is 5.87. The number of hydrogen-bond donors (Lipinski definition) is 1. The van der Waals surface area contributed by atoms with Crippen molar-refractivity contribution in [3.05, 3.63) is 70.1 Å². The summed E-state index contributed by atoms with van der Waals surface area (Å²) in [4.78, 5) is 44.5. The zero-order chi connectivity index (χ0) is 23.3. The summed E-state index contributed by atoms with van der Waals surface area (Å²) in [7, 11) is 0. The van der Waals surface area contributed by atoms with E-state index in [1.165, 1.54) is 40.0 Å². The predicted molar refractivity (Wildman–Crippen MR) is 126 cm³/mol. The van der Waals surface area contributed by atoms with Crippen LogP contribution < -0.4 is 5.32 Å². The molecule has 0 aliphatic carbocycles. The monoisotopic (exact) mass is 459 g/mol. The number of benzene rings is 2.